The Labute approximate surface area is 108 Å². The lowest BCUT2D eigenvalue weighted by Crippen LogP contribution is -2.01. The van der Waals surface area contributed by atoms with Gasteiger partial charge in [0.25, 0.3) is 0 Å². The molecule has 2 aromatic rings. The van der Waals surface area contributed by atoms with Crippen LogP contribution in [0.2, 0.25) is 0 Å². The molecule has 2 aromatic carbocycles. The van der Waals surface area contributed by atoms with Gasteiger partial charge in [0.15, 0.2) is 0 Å². The van der Waals surface area contributed by atoms with E-state index in [0.717, 1.165) is 15.6 Å². The second kappa shape index (κ2) is 5.43. The molecule has 0 aliphatic rings. The summed E-state index contributed by atoms with van der Waals surface area (Å²) in [5.41, 5.74) is 1.77. The molecule has 0 saturated carbocycles. The highest BCUT2D eigenvalue weighted by Gasteiger charge is 2.08. The predicted molar refractivity (Wildman–Crippen MR) is 69.2 cm³/mol. The maximum Gasteiger partial charge on any atom is 0.123 e. The van der Waals surface area contributed by atoms with Crippen molar-refractivity contribution in [3.8, 4) is 0 Å². The third-order valence-electron chi connectivity index (χ3n) is 2.58. The maximum absolute atomic E-state index is 12.7. The lowest BCUT2D eigenvalue weighted by molar-refractivity contribution is 0.178. The Morgan fingerprint density at radius 1 is 1.12 bits per heavy atom. The van der Waals surface area contributed by atoms with Gasteiger partial charge in [0, 0.05) is 10.9 Å². The fourth-order valence-electron chi connectivity index (χ4n) is 1.68. The fourth-order valence-corrected chi connectivity index (χ4v) is 2.09. The fraction of sp³-hybridized carbons (Fsp3) is 0.143. The SMILES string of the molecule is OC(Cc1ccc(F)cc1)c1cccc(Br)c1. The summed E-state index contributed by atoms with van der Waals surface area (Å²) in [4.78, 5) is 0. The number of aliphatic hydroxyl groups excluding tert-OH is 1. The molecule has 0 aromatic heterocycles. The first kappa shape index (κ1) is 12.3. The van der Waals surface area contributed by atoms with Crippen LogP contribution in [-0.2, 0) is 6.42 Å². The van der Waals surface area contributed by atoms with Crippen LogP contribution in [0.5, 0.6) is 0 Å². The van der Waals surface area contributed by atoms with E-state index in [1.54, 1.807) is 12.1 Å². The first-order valence-corrected chi connectivity index (χ1v) is 6.12. The Kier molecular flexibility index (Phi) is 3.92. The lowest BCUT2D eigenvalue weighted by Gasteiger charge is -2.11. The largest absolute Gasteiger partial charge is 0.388 e. The van der Waals surface area contributed by atoms with Crippen LogP contribution in [-0.4, -0.2) is 5.11 Å². The normalized spacial score (nSPS) is 12.4. The second-order valence-electron chi connectivity index (χ2n) is 3.90. The Balaban J connectivity index is 2.11. The van der Waals surface area contributed by atoms with Gasteiger partial charge < -0.3 is 5.11 Å². The molecule has 0 fully saturated rings. The molecule has 0 aliphatic heterocycles. The van der Waals surface area contributed by atoms with Crippen molar-refractivity contribution < 1.29 is 9.50 Å². The summed E-state index contributed by atoms with van der Waals surface area (Å²) in [6.07, 6.45) is -0.0885. The number of aliphatic hydroxyl groups is 1. The average molecular weight is 295 g/mol. The minimum atomic E-state index is -0.571. The van der Waals surface area contributed by atoms with Crippen molar-refractivity contribution >= 4 is 15.9 Å². The van der Waals surface area contributed by atoms with Gasteiger partial charge in [-0.3, -0.25) is 0 Å². The molecule has 1 N–H and O–H groups in total. The summed E-state index contributed by atoms with van der Waals surface area (Å²) < 4.78 is 13.7. The summed E-state index contributed by atoms with van der Waals surface area (Å²) in [6.45, 7) is 0. The molecule has 17 heavy (non-hydrogen) atoms. The molecule has 0 aliphatic carbocycles. The van der Waals surface area contributed by atoms with Crippen molar-refractivity contribution in [3.05, 3.63) is 69.9 Å². The molecule has 0 radical (unpaired) electrons. The maximum atomic E-state index is 12.7. The van der Waals surface area contributed by atoms with E-state index >= 15 is 0 Å². The molecule has 88 valence electrons. The van der Waals surface area contributed by atoms with Crippen molar-refractivity contribution in [3.63, 3.8) is 0 Å². The van der Waals surface area contributed by atoms with Crippen LogP contribution in [0.25, 0.3) is 0 Å². The molecule has 1 nitrogen and oxygen atoms in total. The van der Waals surface area contributed by atoms with E-state index in [1.165, 1.54) is 12.1 Å². The van der Waals surface area contributed by atoms with Crippen molar-refractivity contribution in [1.29, 1.82) is 0 Å². The van der Waals surface area contributed by atoms with Crippen LogP contribution in [0.15, 0.2) is 53.0 Å². The number of rotatable bonds is 3. The lowest BCUT2D eigenvalue weighted by atomic mass is 10.0. The van der Waals surface area contributed by atoms with Gasteiger partial charge in [0.05, 0.1) is 6.10 Å². The van der Waals surface area contributed by atoms with Gasteiger partial charge in [-0.2, -0.15) is 0 Å². The summed E-state index contributed by atoms with van der Waals surface area (Å²) in [7, 11) is 0. The molecule has 0 saturated heterocycles. The first-order chi connectivity index (χ1) is 8.15. The highest BCUT2D eigenvalue weighted by molar-refractivity contribution is 9.10. The highest BCUT2D eigenvalue weighted by Crippen LogP contribution is 2.21. The van der Waals surface area contributed by atoms with Gasteiger partial charge in [-0.05, 0) is 35.4 Å². The number of halogens is 2. The zero-order chi connectivity index (χ0) is 12.3. The molecule has 1 atom stereocenters. The van der Waals surface area contributed by atoms with E-state index in [2.05, 4.69) is 15.9 Å². The average Bonchev–Trinajstić information content (AvgIpc) is 2.32. The summed E-state index contributed by atoms with van der Waals surface area (Å²) in [5.74, 6) is -0.259. The quantitative estimate of drug-likeness (QED) is 0.911. The smallest absolute Gasteiger partial charge is 0.123 e. The van der Waals surface area contributed by atoms with Crippen molar-refractivity contribution in [1.82, 2.24) is 0 Å². The van der Waals surface area contributed by atoms with Gasteiger partial charge in [-0.25, -0.2) is 4.39 Å². The van der Waals surface area contributed by atoms with Crippen molar-refractivity contribution in [2.75, 3.05) is 0 Å². The molecule has 2 rings (SSSR count). The summed E-state index contributed by atoms with van der Waals surface area (Å²) in [6, 6.07) is 13.7. The molecule has 0 amide bonds. The monoisotopic (exact) mass is 294 g/mol. The summed E-state index contributed by atoms with van der Waals surface area (Å²) in [5, 5.41) is 10.1. The van der Waals surface area contributed by atoms with Crippen LogP contribution >= 0.6 is 15.9 Å². The van der Waals surface area contributed by atoms with E-state index in [1.807, 2.05) is 24.3 Å². The van der Waals surface area contributed by atoms with Crippen molar-refractivity contribution in [2.24, 2.45) is 0 Å². The van der Waals surface area contributed by atoms with Crippen molar-refractivity contribution in [2.45, 2.75) is 12.5 Å². The predicted octanol–water partition coefficient (Wildman–Crippen LogP) is 3.86. The molecule has 0 bridgehead atoms. The standard InChI is InChI=1S/C14H12BrFO/c15-12-3-1-2-11(9-12)14(17)8-10-4-6-13(16)7-5-10/h1-7,9,14,17H,8H2. The minimum Gasteiger partial charge on any atom is -0.388 e. The van der Waals surface area contributed by atoms with Crippen LogP contribution in [0, 0.1) is 5.82 Å². The van der Waals surface area contributed by atoms with Crippen LogP contribution < -0.4 is 0 Å². The Hall–Kier alpha value is -1.19. The molecular formula is C14H12BrFO. The van der Waals surface area contributed by atoms with E-state index in [9.17, 15) is 9.50 Å². The zero-order valence-corrected chi connectivity index (χ0v) is 10.7. The molecule has 0 spiro atoms. The zero-order valence-electron chi connectivity index (χ0n) is 9.11. The van der Waals surface area contributed by atoms with E-state index in [4.69, 9.17) is 0 Å². The number of hydrogen-bond donors (Lipinski definition) is 1. The van der Waals surface area contributed by atoms with Gasteiger partial charge in [0.1, 0.15) is 5.82 Å². The Morgan fingerprint density at radius 2 is 1.82 bits per heavy atom. The van der Waals surface area contributed by atoms with Crippen LogP contribution in [0.4, 0.5) is 4.39 Å². The first-order valence-electron chi connectivity index (χ1n) is 5.33. The Bertz CT molecular complexity index is 496. The molecular weight excluding hydrogens is 283 g/mol. The van der Waals surface area contributed by atoms with E-state index < -0.39 is 6.10 Å². The minimum absolute atomic E-state index is 0.259. The number of hydrogen-bond acceptors (Lipinski definition) is 1. The third-order valence-corrected chi connectivity index (χ3v) is 3.07. The van der Waals surface area contributed by atoms with Gasteiger partial charge >= 0.3 is 0 Å². The van der Waals surface area contributed by atoms with Gasteiger partial charge in [0.2, 0.25) is 0 Å². The third kappa shape index (κ3) is 3.38. The van der Waals surface area contributed by atoms with E-state index in [0.29, 0.717) is 6.42 Å². The Morgan fingerprint density at radius 3 is 2.47 bits per heavy atom. The second-order valence-corrected chi connectivity index (χ2v) is 4.82. The van der Waals surface area contributed by atoms with Crippen LogP contribution in [0.1, 0.15) is 17.2 Å². The summed E-state index contributed by atoms with van der Waals surface area (Å²) >= 11 is 3.36. The topological polar surface area (TPSA) is 20.2 Å². The molecule has 1 unspecified atom stereocenters. The molecule has 0 heterocycles. The van der Waals surface area contributed by atoms with Gasteiger partial charge in [-0.1, -0.05) is 40.2 Å². The number of benzene rings is 2. The van der Waals surface area contributed by atoms with E-state index in [-0.39, 0.29) is 5.82 Å². The highest BCUT2D eigenvalue weighted by atomic mass is 79.9. The van der Waals surface area contributed by atoms with Gasteiger partial charge in [-0.15, -0.1) is 0 Å². The van der Waals surface area contributed by atoms with Crippen LogP contribution in [0.3, 0.4) is 0 Å². The molecule has 3 heteroatoms.